The maximum atomic E-state index is 10.6. The Morgan fingerprint density at radius 2 is 1.93 bits per heavy atom. The quantitative estimate of drug-likeness (QED) is 0.480. The maximum Gasteiger partial charge on any atom is 0.405 e. The predicted octanol–water partition coefficient (Wildman–Crippen LogP) is 0.0289. The third-order valence-corrected chi connectivity index (χ3v) is 3.76. The fourth-order valence-corrected chi connectivity index (χ4v) is 2.71. The van der Waals surface area contributed by atoms with E-state index in [1.54, 1.807) is 0 Å². The number of amides is 1. The van der Waals surface area contributed by atoms with Gasteiger partial charge < -0.3 is 21.3 Å². The van der Waals surface area contributed by atoms with Gasteiger partial charge in [0.1, 0.15) is 0 Å². The summed E-state index contributed by atoms with van der Waals surface area (Å²) in [7, 11) is 0. The normalized spacial score (nSPS) is 46.3. The Bertz CT molecular complexity index is 259. The van der Waals surface area contributed by atoms with Gasteiger partial charge in [-0.2, -0.15) is 0 Å². The number of nitrogens with one attached hydrogen (secondary N) is 1. The van der Waals surface area contributed by atoms with Crippen molar-refractivity contribution in [3.8, 4) is 0 Å². The van der Waals surface area contributed by atoms with Crippen molar-refractivity contribution in [3.05, 3.63) is 0 Å². The molecule has 3 aliphatic rings. The molecule has 3 saturated carbocycles. The predicted molar refractivity (Wildman–Crippen MR) is 49.9 cm³/mol. The van der Waals surface area contributed by atoms with Crippen molar-refractivity contribution >= 4 is 6.09 Å². The summed E-state index contributed by atoms with van der Waals surface area (Å²) < 4.78 is 0. The molecule has 0 aliphatic heterocycles. The van der Waals surface area contributed by atoms with Crippen LogP contribution in [0.4, 0.5) is 4.79 Å². The Morgan fingerprint density at radius 3 is 2.36 bits per heavy atom. The lowest BCUT2D eigenvalue weighted by atomic mass is 9.60. The van der Waals surface area contributed by atoms with E-state index in [4.69, 9.17) is 10.8 Å². The van der Waals surface area contributed by atoms with Gasteiger partial charge >= 0.3 is 6.09 Å². The molecule has 5 nitrogen and oxygen atoms in total. The number of fused-ring (bicyclic) bond motifs is 3. The third kappa shape index (κ3) is 1.36. The fraction of sp³-hybridized carbons (Fsp3) is 0.889. The Labute approximate surface area is 82.3 Å². The number of hydrogen-bond donors (Lipinski definition) is 4. The van der Waals surface area contributed by atoms with Gasteiger partial charge in [0.25, 0.3) is 0 Å². The van der Waals surface area contributed by atoms with Gasteiger partial charge in [-0.3, -0.25) is 0 Å². The first-order valence-corrected chi connectivity index (χ1v) is 4.94. The summed E-state index contributed by atoms with van der Waals surface area (Å²) in [5.74, 6) is 0. The Morgan fingerprint density at radius 1 is 1.36 bits per heavy atom. The molecule has 14 heavy (non-hydrogen) atoms. The highest BCUT2D eigenvalue weighted by Gasteiger charge is 2.52. The molecular weight excluding hydrogens is 184 g/mol. The molecule has 3 aliphatic carbocycles. The monoisotopic (exact) mass is 200 g/mol. The molecule has 5 N–H and O–H groups in total. The van der Waals surface area contributed by atoms with E-state index in [1.807, 2.05) is 0 Å². The fourth-order valence-electron chi connectivity index (χ4n) is 2.71. The molecule has 2 bridgehead atoms. The van der Waals surface area contributed by atoms with Gasteiger partial charge in [0.05, 0.1) is 6.10 Å². The number of aliphatic hydroxyl groups excluding tert-OH is 1. The molecule has 0 radical (unpaired) electrons. The van der Waals surface area contributed by atoms with E-state index in [-0.39, 0.29) is 0 Å². The van der Waals surface area contributed by atoms with Crippen LogP contribution in [-0.2, 0) is 0 Å². The molecule has 1 atom stereocenters. The van der Waals surface area contributed by atoms with Gasteiger partial charge in [-0.25, -0.2) is 4.79 Å². The number of nitrogens with two attached hydrogens (primary N) is 1. The van der Waals surface area contributed by atoms with Crippen molar-refractivity contribution in [1.29, 1.82) is 0 Å². The second-order valence-electron chi connectivity index (χ2n) is 4.66. The van der Waals surface area contributed by atoms with E-state index in [2.05, 4.69) is 5.32 Å². The molecule has 5 heteroatoms. The van der Waals surface area contributed by atoms with Crippen LogP contribution in [0, 0.1) is 0 Å². The van der Waals surface area contributed by atoms with E-state index in [1.165, 1.54) is 0 Å². The Balaban J connectivity index is 2.14. The van der Waals surface area contributed by atoms with Crippen LogP contribution < -0.4 is 11.1 Å². The van der Waals surface area contributed by atoms with Gasteiger partial charge in [0.15, 0.2) is 0 Å². The molecule has 3 fully saturated rings. The third-order valence-electron chi connectivity index (χ3n) is 3.76. The summed E-state index contributed by atoms with van der Waals surface area (Å²) in [6.45, 7) is 0. The standard InChI is InChI=1S/C9H16N2O3/c10-9-3-1-8(2-4-9,5-6(9)12)11-7(13)14/h6,11-12H,1-5,10H2,(H,13,14)/t6-,8?,9?/m0/s1. The van der Waals surface area contributed by atoms with E-state index in [0.717, 1.165) is 12.8 Å². The first-order chi connectivity index (χ1) is 6.46. The molecule has 0 heterocycles. The molecular formula is C9H16N2O3. The van der Waals surface area contributed by atoms with Gasteiger partial charge in [0, 0.05) is 11.1 Å². The smallest absolute Gasteiger partial charge is 0.405 e. The zero-order valence-electron chi connectivity index (χ0n) is 7.99. The minimum Gasteiger partial charge on any atom is -0.465 e. The second kappa shape index (κ2) is 2.84. The average molecular weight is 200 g/mol. The lowest BCUT2D eigenvalue weighted by Gasteiger charge is -2.54. The van der Waals surface area contributed by atoms with Gasteiger partial charge in [-0.15, -0.1) is 0 Å². The summed E-state index contributed by atoms with van der Waals surface area (Å²) in [6, 6.07) is 0. The van der Waals surface area contributed by atoms with Crippen LogP contribution in [-0.4, -0.2) is 33.5 Å². The molecule has 0 saturated heterocycles. The highest BCUT2D eigenvalue weighted by molar-refractivity contribution is 5.65. The summed E-state index contributed by atoms with van der Waals surface area (Å²) >= 11 is 0. The van der Waals surface area contributed by atoms with E-state index < -0.39 is 23.3 Å². The summed E-state index contributed by atoms with van der Waals surface area (Å²) in [6.07, 6.45) is 1.76. The molecule has 0 aromatic carbocycles. The second-order valence-corrected chi connectivity index (χ2v) is 4.66. The van der Waals surface area contributed by atoms with E-state index >= 15 is 0 Å². The minimum atomic E-state index is -1.01. The van der Waals surface area contributed by atoms with Crippen LogP contribution in [0.15, 0.2) is 0 Å². The van der Waals surface area contributed by atoms with Crippen LogP contribution in [0.5, 0.6) is 0 Å². The van der Waals surface area contributed by atoms with Gasteiger partial charge in [-0.05, 0) is 32.1 Å². The molecule has 0 spiro atoms. The lowest BCUT2D eigenvalue weighted by Crippen LogP contribution is -2.67. The minimum absolute atomic E-state index is 0.424. The van der Waals surface area contributed by atoms with Gasteiger partial charge in [-0.1, -0.05) is 0 Å². The van der Waals surface area contributed by atoms with Crippen molar-refractivity contribution in [3.63, 3.8) is 0 Å². The van der Waals surface area contributed by atoms with E-state index in [9.17, 15) is 9.90 Å². The van der Waals surface area contributed by atoms with Crippen LogP contribution >= 0.6 is 0 Å². The van der Waals surface area contributed by atoms with Crippen molar-refractivity contribution in [1.82, 2.24) is 5.32 Å². The Kier molecular flexibility index (Phi) is 1.97. The van der Waals surface area contributed by atoms with Gasteiger partial charge in [0.2, 0.25) is 0 Å². The summed E-state index contributed by atoms with van der Waals surface area (Å²) in [5.41, 5.74) is 5.11. The molecule has 80 valence electrons. The van der Waals surface area contributed by atoms with E-state index in [0.29, 0.717) is 19.3 Å². The zero-order valence-corrected chi connectivity index (χ0v) is 7.99. The zero-order chi connectivity index (χ0) is 10.4. The topological polar surface area (TPSA) is 95.6 Å². The number of aliphatic hydroxyl groups is 1. The number of hydrogen-bond acceptors (Lipinski definition) is 3. The summed E-state index contributed by atoms with van der Waals surface area (Å²) in [4.78, 5) is 10.6. The first-order valence-electron chi connectivity index (χ1n) is 4.94. The SMILES string of the molecule is NC12CCC(NC(=O)O)(CC1)C[C@@H]2O. The molecule has 3 rings (SSSR count). The highest BCUT2D eigenvalue weighted by atomic mass is 16.4. The van der Waals surface area contributed by atoms with Crippen molar-refractivity contribution < 1.29 is 15.0 Å². The number of rotatable bonds is 1. The largest absolute Gasteiger partial charge is 0.465 e. The molecule has 0 aromatic heterocycles. The van der Waals surface area contributed by atoms with Crippen molar-refractivity contribution in [2.75, 3.05) is 0 Å². The van der Waals surface area contributed by atoms with Crippen LogP contribution in [0.25, 0.3) is 0 Å². The Hall–Kier alpha value is -0.810. The number of carboxylic acid groups (broad SMARTS) is 1. The van der Waals surface area contributed by atoms with Crippen LogP contribution in [0.2, 0.25) is 0 Å². The van der Waals surface area contributed by atoms with Crippen molar-refractivity contribution in [2.45, 2.75) is 49.3 Å². The number of carbonyl (C=O) groups is 1. The van der Waals surface area contributed by atoms with Crippen LogP contribution in [0.1, 0.15) is 32.1 Å². The maximum absolute atomic E-state index is 10.6. The average Bonchev–Trinajstić information content (AvgIpc) is 2.07. The summed E-state index contributed by atoms with van der Waals surface area (Å²) in [5, 5.41) is 21.0. The van der Waals surface area contributed by atoms with Crippen molar-refractivity contribution in [2.24, 2.45) is 5.73 Å². The molecule has 0 unspecified atom stereocenters. The lowest BCUT2D eigenvalue weighted by molar-refractivity contribution is -0.0415. The molecule has 1 amide bonds. The highest BCUT2D eigenvalue weighted by Crippen LogP contribution is 2.45. The van der Waals surface area contributed by atoms with Crippen LogP contribution in [0.3, 0.4) is 0 Å². The molecule has 0 aromatic rings. The first kappa shape index (κ1) is 9.73.